The molecule has 2 fully saturated rings. The van der Waals surface area contributed by atoms with E-state index in [9.17, 15) is 4.79 Å². The largest absolute Gasteiger partial charge is 0.487 e. The van der Waals surface area contributed by atoms with Gasteiger partial charge in [0.05, 0.1) is 23.9 Å². The third-order valence-corrected chi connectivity index (χ3v) is 8.30. The summed E-state index contributed by atoms with van der Waals surface area (Å²) in [4.78, 5) is 22.3. The predicted molar refractivity (Wildman–Crippen MR) is 154 cm³/mol. The van der Waals surface area contributed by atoms with Gasteiger partial charge in [0.15, 0.2) is 0 Å². The summed E-state index contributed by atoms with van der Waals surface area (Å²) in [6.45, 7) is 7.51. The van der Waals surface area contributed by atoms with Crippen molar-refractivity contribution >= 4 is 23.4 Å². The molecular weight excluding hydrogens is 512 g/mol. The topological polar surface area (TPSA) is 59.8 Å². The minimum atomic E-state index is -0.0941. The third-order valence-electron chi connectivity index (χ3n) is 8.08. The standard InChI is InChI=1S/C31H35ClN4O3/c32-26-4-5-27(33-20-26)22-39-30-9-12-36(31(37)19-30)29-6-3-24-17-23(1-2-25(24)18-29)21-34-10-7-28(8-11-34)35-13-15-38-16-14-35/h1-2,4-5,9,12,17-20,28H,3,6-8,10-11,13-16,21-22H2. The van der Waals surface area contributed by atoms with Crippen LogP contribution in [-0.2, 0) is 24.3 Å². The van der Waals surface area contributed by atoms with Gasteiger partial charge < -0.3 is 9.47 Å². The first kappa shape index (κ1) is 26.3. The van der Waals surface area contributed by atoms with Gasteiger partial charge in [-0.3, -0.25) is 24.1 Å². The van der Waals surface area contributed by atoms with Crippen LogP contribution in [0.25, 0.3) is 11.8 Å². The monoisotopic (exact) mass is 546 g/mol. The minimum absolute atomic E-state index is 0.0941. The summed E-state index contributed by atoms with van der Waals surface area (Å²) in [5, 5.41) is 0.583. The molecular formula is C31H35ClN4O3. The number of allylic oxidation sites excluding steroid dienone is 1. The van der Waals surface area contributed by atoms with E-state index in [0.717, 1.165) is 70.2 Å². The highest BCUT2D eigenvalue weighted by atomic mass is 35.5. The highest BCUT2D eigenvalue weighted by Crippen LogP contribution is 2.28. The van der Waals surface area contributed by atoms with E-state index in [2.05, 4.69) is 39.1 Å². The second kappa shape index (κ2) is 12.0. The van der Waals surface area contributed by atoms with Crippen LogP contribution >= 0.6 is 11.6 Å². The summed E-state index contributed by atoms with van der Waals surface area (Å²) < 4.78 is 13.0. The summed E-state index contributed by atoms with van der Waals surface area (Å²) in [5.41, 5.74) is 5.62. The first-order valence-corrected chi connectivity index (χ1v) is 14.3. The Kier molecular flexibility index (Phi) is 8.11. The molecule has 2 saturated heterocycles. The normalized spacial score (nSPS) is 18.9. The molecule has 204 valence electrons. The number of piperidine rings is 1. The van der Waals surface area contributed by atoms with Gasteiger partial charge in [-0.15, -0.1) is 0 Å². The Bertz CT molecular complexity index is 1370. The molecule has 3 aromatic rings. The smallest absolute Gasteiger partial charge is 0.258 e. The second-order valence-corrected chi connectivity index (χ2v) is 11.1. The van der Waals surface area contributed by atoms with Crippen molar-refractivity contribution in [3.63, 3.8) is 0 Å². The Hall–Kier alpha value is -2.97. The Morgan fingerprint density at radius 3 is 2.62 bits per heavy atom. The SMILES string of the molecule is O=c1cc(OCc2ccc(Cl)cn2)ccn1C1=Cc2ccc(CN3CCC(N4CCOCC4)CC3)cc2CC1. The highest BCUT2D eigenvalue weighted by molar-refractivity contribution is 6.30. The van der Waals surface area contributed by atoms with Gasteiger partial charge in [0.1, 0.15) is 12.4 Å². The van der Waals surface area contributed by atoms with Crippen LogP contribution in [0.5, 0.6) is 5.75 Å². The lowest BCUT2D eigenvalue weighted by Crippen LogP contribution is -2.48. The van der Waals surface area contributed by atoms with Gasteiger partial charge in [0.25, 0.3) is 5.56 Å². The van der Waals surface area contributed by atoms with Crippen LogP contribution in [0, 0.1) is 0 Å². The van der Waals surface area contributed by atoms with Crippen LogP contribution in [0.4, 0.5) is 0 Å². The molecule has 2 aromatic heterocycles. The van der Waals surface area contributed by atoms with Crippen molar-refractivity contribution < 1.29 is 9.47 Å². The number of pyridine rings is 2. The molecule has 0 atom stereocenters. The Balaban J connectivity index is 1.06. The van der Waals surface area contributed by atoms with E-state index in [4.69, 9.17) is 21.1 Å². The number of aromatic nitrogens is 2. The van der Waals surface area contributed by atoms with Crippen molar-refractivity contribution in [3.05, 3.63) is 92.6 Å². The van der Waals surface area contributed by atoms with Gasteiger partial charge in [-0.25, -0.2) is 0 Å². The number of ether oxygens (including phenoxy) is 2. The summed E-state index contributed by atoms with van der Waals surface area (Å²) in [6.07, 6.45) is 9.79. The zero-order chi connectivity index (χ0) is 26.6. The Labute approximate surface area is 234 Å². The molecule has 0 spiro atoms. The molecule has 7 nitrogen and oxygen atoms in total. The van der Waals surface area contributed by atoms with Crippen molar-refractivity contribution in [1.82, 2.24) is 19.4 Å². The summed E-state index contributed by atoms with van der Waals surface area (Å²) in [7, 11) is 0. The molecule has 4 heterocycles. The number of aryl methyl sites for hydroxylation is 1. The maximum atomic E-state index is 12.9. The molecule has 0 unspecified atom stereocenters. The molecule has 1 aliphatic carbocycles. The van der Waals surface area contributed by atoms with Crippen molar-refractivity contribution in [2.75, 3.05) is 39.4 Å². The van der Waals surface area contributed by atoms with Crippen LogP contribution in [0.2, 0.25) is 5.02 Å². The van der Waals surface area contributed by atoms with Gasteiger partial charge >= 0.3 is 0 Å². The molecule has 6 rings (SSSR count). The van der Waals surface area contributed by atoms with Gasteiger partial charge in [-0.1, -0.05) is 29.8 Å². The maximum Gasteiger partial charge on any atom is 0.258 e. The fourth-order valence-corrected chi connectivity index (χ4v) is 6.01. The molecule has 2 aliphatic heterocycles. The summed E-state index contributed by atoms with van der Waals surface area (Å²) >= 11 is 5.89. The lowest BCUT2D eigenvalue weighted by Gasteiger charge is -2.40. The number of benzene rings is 1. The van der Waals surface area contributed by atoms with E-state index >= 15 is 0 Å². The van der Waals surface area contributed by atoms with E-state index < -0.39 is 0 Å². The van der Waals surface area contributed by atoms with Crippen molar-refractivity contribution in [1.29, 1.82) is 0 Å². The van der Waals surface area contributed by atoms with Gasteiger partial charge in [-0.2, -0.15) is 0 Å². The number of hydrogen-bond acceptors (Lipinski definition) is 6. The van der Waals surface area contributed by atoms with Crippen LogP contribution in [0.1, 0.15) is 41.6 Å². The Morgan fingerprint density at radius 1 is 1.00 bits per heavy atom. The van der Waals surface area contributed by atoms with E-state index in [-0.39, 0.29) is 12.2 Å². The lowest BCUT2D eigenvalue weighted by atomic mass is 9.93. The predicted octanol–water partition coefficient (Wildman–Crippen LogP) is 4.72. The third kappa shape index (κ3) is 6.44. The first-order chi connectivity index (χ1) is 19.1. The second-order valence-electron chi connectivity index (χ2n) is 10.7. The molecule has 8 heteroatoms. The summed E-state index contributed by atoms with van der Waals surface area (Å²) in [6, 6.07) is 14.5. The zero-order valence-electron chi connectivity index (χ0n) is 22.2. The average Bonchev–Trinajstić information content (AvgIpc) is 2.97. The van der Waals surface area contributed by atoms with Crippen LogP contribution in [0.3, 0.4) is 0 Å². The summed E-state index contributed by atoms with van der Waals surface area (Å²) in [5.74, 6) is 0.531. The number of morpholine rings is 1. The number of rotatable bonds is 7. The lowest BCUT2D eigenvalue weighted by molar-refractivity contribution is 0.000229. The van der Waals surface area contributed by atoms with Crippen LogP contribution in [0.15, 0.2) is 59.7 Å². The first-order valence-electron chi connectivity index (χ1n) is 13.9. The fraction of sp³-hybridized carbons (Fsp3) is 0.419. The number of hydrogen-bond donors (Lipinski definition) is 0. The zero-order valence-corrected chi connectivity index (χ0v) is 23.0. The fourth-order valence-electron chi connectivity index (χ4n) is 5.90. The van der Waals surface area contributed by atoms with Crippen LogP contribution < -0.4 is 10.3 Å². The van der Waals surface area contributed by atoms with E-state index in [1.54, 1.807) is 23.0 Å². The number of likely N-dealkylation sites (tertiary alicyclic amines) is 1. The van der Waals surface area contributed by atoms with Crippen molar-refractivity contribution in [2.45, 2.75) is 44.9 Å². The number of halogens is 1. The Morgan fingerprint density at radius 2 is 1.85 bits per heavy atom. The molecule has 3 aliphatic rings. The molecule has 1 aromatic carbocycles. The van der Waals surface area contributed by atoms with E-state index in [1.807, 2.05) is 12.1 Å². The van der Waals surface area contributed by atoms with E-state index in [0.29, 0.717) is 16.8 Å². The van der Waals surface area contributed by atoms with Crippen molar-refractivity contribution in [2.24, 2.45) is 0 Å². The van der Waals surface area contributed by atoms with Crippen LogP contribution in [-0.4, -0.2) is 64.8 Å². The van der Waals surface area contributed by atoms with Gasteiger partial charge in [0, 0.05) is 49.8 Å². The highest BCUT2D eigenvalue weighted by Gasteiger charge is 2.26. The molecule has 0 radical (unpaired) electrons. The average molecular weight is 547 g/mol. The molecule has 0 amide bonds. The number of fused-ring (bicyclic) bond motifs is 1. The number of nitrogens with zero attached hydrogens (tertiary/aromatic N) is 4. The van der Waals surface area contributed by atoms with Gasteiger partial charge in [0.2, 0.25) is 0 Å². The quantitative estimate of drug-likeness (QED) is 0.427. The molecule has 0 bridgehead atoms. The van der Waals surface area contributed by atoms with Gasteiger partial charge in [-0.05, 0) is 79.7 Å². The molecule has 39 heavy (non-hydrogen) atoms. The maximum absolute atomic E-state index is 12.9. The van der Waals surface area contributed by atoms with Crippen molar-refractivity contribution in [3.8, 4) is 5.75 Å². The minimum Gasteiger partial charge on any atom is -0.487 e. The molecule has 0 saturated carbocycles. The molecule has 0 N–H and O–H groups in total. The van der Waals surface area contributed by atoms with E-state index in [1.165, 1.54) is 35.6 Å².